The third kappa shape index (κ3) is 4.76. The molecule has 5 rings (SSSR count). The van der Waals surface area contributed by atoms with Crippen molar-refractivity contribution in [2.45, 2.75) is 12.8 Å². The van der Waals surface area contributed by atoms with Gasteiger partial charge in [0.2, 0.25) is 11.8 Å². The van der Waals surface area contributed by atoms with Crippen molar-refractivity contribution in [3.05, 3.63) is 90.3 Å². The molecule has 0 saturated heterocycles. The third-order valence-corrected chi connectivity index (χ3v) is 5.39. The van der Waals surface area contributed by atoms with E-state index in [0.717, 1.165) is 0 Å². The Bertz CT molecular complexity index is 1330. The Kier molecular flexibility index (Phi) is 6.00. The van der Waals surface area contributed by atoms with E-state index < -0.39 is 0 Å². The zero-order valence-corrected chi connectivity index (χ0v) is 18.5. The van der Waals surface area contributed by atoms with Crippen LogP contribution in [0.1, 0.15) is 33.6 Å². The number of aromatic nitrogens is 4. The minimum atomic E-state index is -0.317. The first-order valence-electron chi connectivity index (χ1n) is 11.0. The lowest BCUT2D eigenvalue weighted by atomic mass is 10.1. The highest BCUT2D eigenvalue weighted by Gasteiger charge is 2.34. The van der Waals surface area contributed by atoms with Crippen molar-refractivity contribution in [1.82, 2.24) is 24.9 Å². The van der Waals surface area contributed by atoms with Gasteiger partial charge in [0.15, 0.2) is 5.82 Å². The zero-order valence-electron chi connectivity index (χ0n) is 18.5. The number of fused-ring (bicyclic) bond motifs is 1. The summed E-state index contributed by atoms with van der Waals surface area (Å²) in [6, 6.07) is 18.8. The molecule has 174 valence electrons. The van der Waals surface area contributed by atoms with E-state index in [1.807, 2.05) is 0 Å². The highest BCUT2D eigenvalue weighted by Crippen LogP contribution is 2.23. The molecule has 10 nitrogen and oxygen atoms in total. The average Bonchev–Trinajstić information content (AvgIpc) is 3.50. The molecule has 1 N–H and O–H groups in total. The number of amides is 3. The van der Waals surface area contributed by atoms with E-state index in [4.69, 9.17) is 4.74 Å². The number of nitrogens with one attached hydrogen (secondary N) is 1. The molecule has 0 atom stereocenters. The van der Waals surface area contributed by atoms with E-state index >= 15 is 0 Å². The second-order valence-corrected chi connectivity index (χ2v) is 7.77. The van der Waals surface area contributed by atoms with E-state index in [0.29, 0.717) is 40.7 Å². The first kappa shape index (κ1) is 22.0. The van der Waals surface area contributed by atoms with Gasteiger partial charge in [-0.25, -0.2) is 4.68 Å². The lowest BCUT2D eigenvalue weighted by Crippen LogP contribution is -2.31. The fraction of sp³-hybridized carbons (Fsp3) is 0.120. The Morgan fingerprint density at radius 3 is 2.26 bits per heavy atom. The van der Waals surface area contributed by atoms with Gasteiger partial charge in [-0.15, -0.1) is 10.2 Å². The molecule has 3 heterocycles. The van der Waals surface area contributed by atoms with Crippen LogP contribution in [0, 0.1) is 0 Å². The molecule has 10 heteroatoms. The lowest BCUT2D eigenvalue weighted by Gasteiger charge is -2.13. The van der Waals surface area contributed by atoms with Crippen LogP contribution in [0.25, 0.3) is 5.82 Å². The second kappa shape index (κ2) is 9.56. The number of hydrogen-bond donors (Lipinski definition) is 1. The summed E-state index contributed by atoms with van der Waals surface area (Å²) in [5, 5.41) is 15.0. The van der Waals surface area contributed by atoms with Crippen molar-refractivity contribution in [2.24, 2.45) is 0 Å². The van der Waals surface area contributed by atoms with Gasteiger partial charge in [0.05, 0.1) is 11.1 Å². The molecule has 35 heavy (non-hydrogen) atoms. The van der Waals surface area contributed by atoms with Crippen LogP contribution in [0.2, 0.25) is 0 Å². The molecule has 0 saturated carbocycles. The standard InChI is InChI=1S/C25H20N6O4/c32-22(7-3-15-30-24(33)19-5-1-2-6-20(19)25(30)34)27-17-8-10-18(11-9-17)35-23-13-12-21(28-29-23)31-16-4-14-26-31/h1-2,4-6,8-14,16H,3,7,15H2,(H,27,32). The summed E-state index contributed by atoms with van der Waals surface area (Å²) in [6.07, 6.45) is 3.96. The summed E-state index contributed by atoms with van der Waals surface area (Å²) < 4.78 is 7.29. The van der Waals surface area contributed by atoms with Gasteiger partial charge in [0.1, 0.15) is 5.75 Å². The van der Waals surface area contributed by atoms with E-state index in [1.54, 1.807) is 83.8 Å². The van der Waals surface area contributed by atoms with Gasteiger partial charge in [-0.05, 0) is 55.0 Å². The van der Waals surface area contributed by atoms with E-state index in [9.17, 15) is 14.4 Å². The first-order chi connectivity index (χ1) is 17.1. The normalized spacial score (nSPS) is 12.5. The molecule has 1 aliphatic heterocycles. The smallest absolute Gasteiger partial charge is 0.261 e. The van der Waals surface area contributed by atoms with Crippen molar-refractivity contribution in [1.29, 1.82) is 0 Å². The number of benzene rings is 2. The maximum atomic E-state index is 12.4. The summed E-state index contributed by atoms with van der Waals surface area (Å²) in [5.74, 6) is 0.587. The monoisotopic (exact) mass is 468 g/mol. The van der Waals surface area contributed by atoms with Crippen molar-refractivity contribution < 1.29 is 19.1 Å². The Labute approximate surface area is 200 Å². The number of carbonyl (C=O) groups is 3. The molecule has 2 aromatic heterocycles. The van der Waals surface area contributed by atoms with Crippen LogP contribution in [0.3, 0.4) is 0 Å². The Morgan fingerprint density at radius 1 is 0.886 bits per heavy atom. The predicted molar refractivity (Wildman–Crippen MR) is 125 cm³/mol. The fourth-order valence-corrected chi connectivity index (χ4v) is 3.68. The van der Waals surface area contributed by atoms with Crippen LogP contribution in [-0.4, -0.2) is 49.1 Å². The molecule has 0 unspecified atom stereocenters. The molecule has 0 aliphatic carbocycles. The zero-order chi connectivity index (χ0) is 24.2. The van der Waals surface area contributed by atoms with Crippen molar-refractivity contribution in [3.8, 4) is 17.4 Å². The van der Waals surface area contributed by atoms with Crippen LogP contribution in [-0.2, 0) is 4.79 Å². The Morgan fingerprint density at radius 2 is 1.63 bits per heavy atom. The highest BCUT2D eigenvalue weighted by molar-refractivity contribution is 6.21. The molecule has 0 radical (unpaired) electrons. The Hall–Kier alpha value is -4.86. The first-order valence-corrected chi connectivity index (χ1v) is 11.0. The molecule has 4 aromatic rings. The summed E-state index contributed by atoms with van der Waals surface area (Å²) in [7, 11) is 0. The van der Waals surface area contributed by atoms with Gasteiger partial charge in [-0.3, -0.25) is 19.3 Å². The van der Waals surface area contributed by atoms with Crippen LogP contribution in [0.4, 0.5) is 5.69 Å². The van der Waals surface area contributed by atoms with Gasteiger partial charge in [0.25, 0.3) is 11.8 Å². The fourth-order valence-electron chi connectivity index (χ4n) is 3.68. The summed E-state index contributed by atoms with van der Waals surface area (Å²) in [6.45, 7) is 0.187. The van der Waals surface area contributed by atoms with Gasteiger partial charge >= 0.3 is 0 Å². The van der Waals surface area contributed by atoms with Gasteiger partial charge in [-0.2, -0.15) is 5.10 Å². The number of nitrogens with zero attached hydrogens (tertiary/aromatic N) is 5. The number of rotatable bonds is 8. The minimum Gasteiger partial charge on any atom is -0.438 e. The van der Waals surface area contributed by atoms with Crippen LogP contribution >= 0.6 is 0 Å². The van der Waals surface area contributed by atoms with Crippen molar-refractivity contribution in [3.63, 3.8) is 0 Å². The number of anilines is 1. The maximum absolute atomic E-state index is 12.4. The topological polar surface area (TPSA) is 119 Å². The highest BCUT2D eigenvalue weighted by atomic mass is 16.5. The number of imide groups is 1. The molecule has 0 fully saturated rings. The molecular weight excluding hydrogens is 448 g/mol. The van der Waals surface area contributed by atoms with E-state index in [-0.39, 0.29) is 30.7 Å². The SMILES string of the molecule is O=C(CCCN1C(=O)c2ccccc2C1=O)Nc1ccc(Oc2ccc(-n3cccn3)nn2)cc1. The molecular formula is C25H20N6O4. The summed E-state index contributed by atoms with van der Waals surface area (Å²) in [4.78, 5) is 38.3. The Balaban J connectivity index is 1.09. The quantitative estimate of drug-likeness (QED) is 0.393. The van der Waals surface area contributed by atoms with E-state index in [2.05, 4.69) is 20.6 Å². The largest absolute Gasteiger partial charge is 0.438 e. The third-order valence-electron chi connectivity index (χ3n) is 5.39. The van der Waals surface area contributed by atoms with Crippen molar-refractivity contribution in [2.75, 3.05) is 11.9 Å². The van der Waals surface area contributed by atoms with E-state index in [1.165, 1.54) is 4.90 Å². The van der Waals surface area contributed by atoms with Crippen molar-refractivity contribution >= 4 is 23.4 Å². The molecule has 1 aliphatic rings. The lowest BCUT2D eigenvalue weighted by molar-refractivity contribution is -0.116. The number of carbonyl (C=O) groups excluding carboxylic acids is 3. The molecule has 2 aromatic carbocycles. The van der Waals surface area contributed by atoms with Crippen LogP contribution in [0.5, 0.6) is 11.6 Å². The minimum absolute atomic E-state index is 0.170. The van der Waals surface area contributed by atoms with Gasteiger partial charge in [-0.1, -0.05) is 12.1 Å². The molecule has 0 spiro atoms. The van der Waals surface area contributed by atoms with Crippen LogP contribution in [0.15, 0.2) is 79.1 Å². The molecule has 3 amide bonds. The average molecular weight is 468 g/mol. The number of hydrogen-bond acceptors (Lipinski definition) is 7. The van der Waals surface area contributed by atoms with Gasteiger partial charge in [0, 0.05) is 37.1 Å². The van der Waals surface area contributed by atoms with Crippen LogP contribution < -0.4 is 10.1 Å². The number of ether oxygens (including phenoxy) is 1. The second-order valence-electron chi connectivity index (χ2n) is 7.77. The summed E-state index contributed by atoms with van der Waals surface area (Å²) >= 11 is 0. The summed E-state index contributed by atoms with van der Waals surface area (Å²) in [5.41, 5.74) is 1.41. The molecule has 0 bridgehead atoms. The van der Waals surface area contributed by atoms with Gasteiger partial charge < -0.3 is 10.1 Å². The predicted octanol–water partition coefficient (Wildman–Crippen LogP) is 3.47. The maximum Gasteiger partial charge on any atom is 0.261 e.